The molecule has 0 spiro atoms. The highest BCUT2D eigenvalue weighted by atomic mass is 16.7. The van der Waals surface area contributed by atoms with Gasteiger partial charge in [0.1, 0.15) is 11.4 Å². The van der Waals surface area contributed by atoms with Crippen molar-refractivity contribution >= 4 is 18.1 Å². The molecule has 0 bridgehead atoms. The number of hydrazone groups is 1. The number of hydrogen-bond donors (Lipinski definition) is 1. The zero-order chi connectivity index (χ0) is 20.1. The van der Waals surface area contributed by atoms with Gasteiger partial charge in [-0.1, -0.05) is 6.07 Å². The number of nitrogens with one attached hydrogen (secondary N) is 1. The third-order valence-corrected chi connectivity index (χ3v) is 3.98. The van der Waals surface area contributed by atoms with Crippen LogP contribution in [0.25, 0.3) is 0 Å². The number of ether oxygens (including phenoxy) is 3. The molecule has 0 fully saturated rings. The summed E-state index contributed by atoms with van der Waals surface area (Å²) in [7, 11) is 0. The Bertz CT molecular complexity index is 1070. The molecular formula is C21H15N3O5. The fourth-order valence-electron chi connectivity index (χ4n) is 2.53. The van der Waals surface area contributed by atoms with Crippen molar-refractivity contribution in [3.63, 3.8) is 0 Å². The van der Waals surface area contributed by atoms with Crippen molar-refractivity contribution in [3.05, 3.63) is 83.7 Å². The predicted molar refractivity (Wildman–Crippen MR) is 103 cm³/mol. The van der Waals surface area contributed by atoms with E-state index in [1.165, 1.54) is 12.4 Å². The van der Waals surface area contributed by atoms with E-state index in [1.807, 2.05) is 0 Å². The van der Waals surface area contributed by atoms with Gasteiger partial charge in [0.25, 0.3) is 5.91 Å². The average Bonchev–Trinajstić information content (AvgIpc) is 3.23. The number of esters is 1. The van der Waals surface area contributed by atoms with Crippen molar-refractivity contribution in [3.8, 4) is 17.2 Å². The van der Waals surface area contributed by atoms with Gasteiger partial charge in [0.05, 0.1) is 11.8 Å². The van der Waals surface area contributed by atoms with Gasteiger partial charge >= 0.3 is 5.97 Å². The van der Waals surface area contributed by atoms with Gasteiger partial charge < -0.3 is 14.2 Å². The summed E-state index contributed by atoms with van der Waals surface area (Å²) in [4.78, 5) is 28.1. The summed E-state index contributed by atoms with van der Waals surface area (Å²) in [6.45, 7) is 0.138. The predicted octanol–water partition coefficient (Wildman–Crippen LogP) is 2.79. The molecule has 3 aromatic rings. The number of rotatable bonds is 5. The molecule has 29 heavy (non-hydrogen) atoms. The van der Waals surface area contributed by atoms with E-state index in [0.29, 0.717) is 28.4 Å². The summed E-state index contributed by atoms with van der Waals surface area (Å²) < 4.78 is 15.8. The van der Waals surface area contributed by atoms with E-state index in [4.69, 9.17) is 14.2 Å². The Labute approximate surface area is 165 Å². The zero-order valence-corrected chi connectivity index (χ0v) is 15.1. The van der Waals surface area contributed by atoms with Crippen LogP contribution in [-0.4, -0.2) is 29.9 Å². The first kappa shape index (κ1) is 18.2. The first-order valence-corrected chi connectivity index (χ1v) is 8.65. The molecule has 0 saturated heterocycles. The minimum atomic E-state index is -0.507. The van der Waals surface area contributed by atoms with E-state index in [1.54, 1.807) is 60.7 Å². The van der Waals surface area contributed by atoms with E-state index in [9.17, 15) is 9.59 Å². The maximum Gasteiger partial charge on any atom is 0.343 e. The number of carbonyl (C=O) groups excluding carboxylic acids is 2. The van der Waals surface area contributed by atoms with Gasteiger partial charge in [-0.25, -0.2) is 10.2 Å². The Morgan fingerprint density at radius 3 is 2.66 bits per heavy atom. The zero-order valence-electron chi connectivity index (χ0n) is 15.1. The maximum atomic E-state index is 12.3. The number of nitrogens with zero attached hydrogens (tertiary/aromatic N) is 2. The van der Waals surface area contributed by atoms with E-state index >= 15 is 0 Å². The second-order valence-electron chi connectivity index (χ2n) is 5.94. The third-order valence-electron chi connectivity index (χ3n) is 3.98. The van der Waals surface area contributed by atoms with Gasteiger partial charge in [-0.15, -0.1) is 0 Å². The summed E-state index contributed by atoms with van der Waals surface area (Å²) in [5.74, 6) is 0.574. The summed E-state index contributed by atoms with van der Waals surface area (Å²) in [5, 5.41) is 3.89. The number of aromatic nitrogens is 1. The van der Waals surface area contributed by atoms with Gasteiger partial charge in [-0.3, -0.25) is 9.78 Å². The second-order valence-corrected chi connectivity index (χ2v) is 5.94. The highest BCUT2D eigenvalue weighted by Gasteiger charge is 2.17. The van der Waals surface area contributed by atoms with Crippen molar-refractivity contribution < 1.29 is 23.8 Å². The molecular weight excluding hydrogens is 374 g/mol. The quantitative estimate of drug-likeness (QED) is 0.312. The monoisotopic (exact) mass is 389 g/mol. The van der Waals surface area contributed by atoms with Crippen molar-refractivity contribution in [2.75, 3.05) is 6.79 Å². The molecule has 2 heterocycles. The number of pyridine rings is 1. The topological polar surface area (TPSA) is 99.1 Å². The Morgan fingerprint density at radius 1 is 1.03 bits per heavy atom. The molecule has 0 aliphatic carbocycles. The van der Waals surface area contributed by atoms with E-state index in [2.05, 4.69) is 15.5 Å². The Kier molecular flexibility index (Phi) is 5.15. The second kappa shape index (κ2) is 8.22. The first-order chi connectivity index (χ1) is 14.2. The van der Waals surface area contributed by atoms with Crippen LogP contribution in [0.4, 0.5) is 0 Å². The smallest absolute Gasteiger partial charge is 0.343 e. The molecule has 1 aliphatic rings. The minimum absolute atomic E-state index is 0.138. The maximum absolute atomic E-state index is 12.3. The molecule has 1 amide bonds. The lowest BCUT2D eigenvalue weighted by Crippen LogP contribution is -2.18. The van der Waals surface area contributed by atoms with Crippen LogP contribution in [0.15, 0.2) is 72.0 Å². The van der Waals surface area contributed by atoms with Crippen LogP contribution in [0.3, 0.4) is 0 Å². The lowest BCUT2D eigenvalue weighted by atomic mass is 10.2. The number of carbonyl (C=O) groups is 2. The summed E-state index contributed by atoms with van der Waals surface area (Å²) in [6, 6.07) is 16.6. The molecule has 0 unspecified atom stereocenters. The van der Waals surface area contributed by atoms with Gasteiger partial charge in [-0.2, -0.15) is 5.10 Å². The molecule has 1 N–H and O–H groups in total. The summed E-state index contributed by atoms with van der Waals surface area (Å²) in [5.41, 5.74) is 3.75. The average molecular weight is 389 g/mol. The largest absolute Gasteiger partial charge is 0.454 e. The molecule has 144 valence electrons. The van der Waals surface area contributed by atoms with E-state index in [-0.39, 0.29) is 12.5 Å². The molecule has 0 saturated carbocycles. The van der Waals surface area contributed by atoms with Crippen LogP contribution in [0.2, 0.25) is 0 Å². The van der Waals surface area contributed by atoms with Gasteiger partial charge in [0.2, 0.25) is 6.79 Å². The van der Waals surface area contributed by atoms with E-state index < -0.39 is 11.9 Å². The number of amides is 1. The highest BCUT2D eigenvalue weighted by Crippen LogP contribution is 2.32. The molecule has 0 atom stereocenters. The summed E-state index contributed by atoms with van der Waals surface area (Å²) in [6.07, 6.45) is 3.01. The van der Waals surface area contributed by atoms with Crippen LogP contribution in [0.1, 0.15) is 26.4 Å². The molecule has 1 aromatic heterocycles. The van der Waals surface area contributed by atoms with Crippen LogP contribution in [-0.2, 0) is 0 Å². The van der Waals surface area contributed by atoms with Gasteiger partial charge in [0, 0.05) is 6.20 Å². The molecule has 2 aromatic carbocycles. The SMILES string of the molecule is O=C(Oc1ccc(/C=N/NC(=O)c2ccccn2)cc1)c1ccc2c(c1)OCO2. The fraction of sp³-hybridized carbons (Fsp3) is 0.0476. The van der Waals surface area contributed by atoms with Crippen LogP contribution in [0.5, 0.6) is 17.2 Å². The van der Waals surface area contributed by atoms with Crippen molar-refractivity contribution in [1.82, 2.24) is 10.4 Å². The van der Waals surface area contributed by atoms with Crippen LogP contribution < -0.4 is 19.6 Å². The van der Waals surface area contributed by atoms with Crippen molar-refractivity contribution in [1.29, 1.82) is 0 Å². The Hall–Kier alpha value is -4.20. The minimum Gasteiger partial charge on any atom is -0.454 e. The summed E-state index contributed by atoms with van der Waals surface area (Å²) >= 11 is 0. The first-order valence-electron chi connectivity index (χ1n) is 8.65. The molecule has 8 nitrogen and oxygen atoms in total. The van der Waals surface area contributed by atoms with Crippen molar-refractivity contribution in [2.45, 2.75) is 0 Å². The number of fused-ring (bicyclic) bond motifs is 1. The standard InChI is InChI=1S/C21H15N3O5/c25-20(17-3-1-2-10-22-17)24-23-12-14-4-7-16(8-5-14)29-21(26)15-6-9-18-19(11-15)28-13-27-18/h1-12H,13H2,(H,24,25)/b23-12+. The van der Waals surface area contributed by atoms with Gasteiger partial charge in [0.15, 0.2) is 11.5 Å². The molecule has 1 aliphatic heterocycles. The fourth-order valence-corrected chi connectivity index (χ4v) is 2.53. The Morgan fingerprint density at radius 2 is 1.86 bits per heavy atom. The molecule has 0 radical (unpaired) electrons. The number of benzene rings is 2. The molecule has 8 heteroatoms. The third kappa shape index (κ3) is 4.38. The van der Waals surface area contributed by atoms with E-state index in [0.717, 1.165) is 0 Å². The lowest BCUT2D eigenvalue weighted by molar-refractivity contribution is 0.0734. The van der Waals surface area contributed by atoms with Crippen LogP contribution in [0, 0.1) is 0 Å². The highest BCUT2D eigenvalue weighted by molar-refractivity contribution is 5.93. The normalized spacial score (nSPS) is 12.0. The van der Waals surface area contributed by atoms with Gasteiger partial charge in [-0.05, 0) is 60.2 Å². The van der Waals surface area contributed by atoms with Crippen molar-refractivity contribution in [2.24, 2.45) is 5.10 Å². The molecule has 4 rings (SSSR count). The van der Waals surface area contributed by atoms with Crippen LogP contribution >= 0.6 is 0 Å². The Balaban J connectivity index is 1.34. The number of hydrogen-bond acceptors (Lipinski definition) is 7. The lowest BCUT2D eigenvalue weighted by Gasteiger charge is -2.05.